The number of Topliss-reactive ketones (excluding diaryl/α,β-unsaturated/α-hetero) is 1. The second-order valence-electron chi connectivity index (χ2n) is 5.98. The van der Waals surface area contributed by atoms with Gasteiger partial charge in [0, 0.05) is 17.9 Å². The molecule has 0 fully saturated rings. The zero-order valence-corrected chi connectivity index (χ0v) is 14.0. The lowest BCUT2D eigenvalue weighted by Crippen LogP contribution is -2.10. The molecule has 3 heteroatoms. The van der Waals surface area contributed by atoms with Gasteiger partial charge in [-0.1, -0.05) is 55.5 Å². The van der Waals surface area contributed by atoms with Crippen LogP contribution in [0.1, 0.15) is 46.3 Å². The lowest BCUT2D eigenvalue weighted by Gasteiger charge is -2.21. The highest BCUT2D eigenvalue weighted by Gasteiger charge is 2.22. The average Bonchev–Trinajstić information content (AvgIpc) is 2.65. The number of phenols is 2. The summed E-state index contributed by atoms with van der Waals surface area (Å²) in [6.45, 7) is 1.86. The molecule has 0 spiro atoms. The van der Waals surface area contributed by atoms with Gasteiger partial charge in [0.15, 0.2) is 5.78 Å². The van der Waals surface area contributed by atoms with Crippen LogP contribution in [-0.2, 0) is 0 Å². The minimum absolute atomic E-state index is 0.0955. The van der Waals surface area contributed by atoms with E-state index in [1.807, 2.05) is 55.5 Å². The summed E-state index contributed by atoms with van der Waals surface area (Å²) in [5, 5.41) is 19.2. The molecule has 0 saturated carbocycles. The van der Waals surface area contributed by atoms with E-state index in [1.54, 1.807) is 24.3 Å². The molecule has 0 atom stereocenters. The third-order valence-electron chi connectivity index (χ3n) is 4.35. The summed E-state index contributed by atoms with van der Waals surface area (Å²) in [6.07, 6.45) is 0.439. The third-order valence-corrected chi connectivity index (χ3v) is 4.35. The molecule has 3 aromatic carbocycles. The minimum atomic E-state index is -0.159. The third kappa shape index (κ3) is 3.56. The first-order valence-corrected chi connectivity index (χ1v) is 8.30. The molecule has 0 bridgehead atoms. The quantitative estimate of drug-likeness (QED) is 0.517. The van der Waals surface area contributed by atoms with Gasteiger partial charge in [-0.2, -0.15) is 0 Å². The van der Waals surface area contributed by atoms with Gasteiger partial charge in [0.05, 0.1) is 0 Å². The maximum absolute atomic E-state index is 12.4. The monoisotopic (exact) mass is 332 g/mol. The van der Waals surface area contributed by atoms with E-state index in [2.05, 4.69) is 0 Å². The van der Waals surface area contributed by atoms with Crippen molar-refractivity contribution in [3.05, 3.63) is 95.1 Å². The number of hydrogen-bond acceptors (Lipinski definition) is 3. The molecule has 126 valence electrons. The lowest BCUT2D eigenvalue weighted by atomic mass is 9.82. The lowest BCUT2D eigenvalue weighted by molar-refractivity contribution is 0.0987. The Hall–Kier alpha value is -3.07. The molecule has 3 rings (SSSR count). The van der Waals surface area contributed by atoms with Crippen molar-refractivity contribution in [1.82, 2.24) is 0 Å². The summed E-state index contributed by atoms with van der Waals surface area (Å²) in [7, 11) is 0. The van der Waals surface area contributed by atoms with E-state index < -0.39 is 0 Å². The summed E-state index contributed by atoms with van der Waals surface area (Å²) >= 11 is 0. The molecular weight excluding hydrogens is 312 g/mol. The average molecular weight is 332 g/mol. The summed E-state index contributed by atoms with van der Waals surface area (Å²) in [5.41, 5.74) is 3.57. The van der Waals surface area contributed by atoms with Crippen LogP contribution in [0.4, 0.5) is 0 Å². The maximum Gasteiger partial charge on any atom is 0.162 e. The molecule has 3 nitrogen and oxygen atoms in total. The normalized spacial score (nSPS) is 10.8. The van der Waals surface area contributed by atoms with Crippen LogP contribution in [0.15, 0.2) is 72.8 Å². The maximum atomic E-state index is 12.4. The summed E-state index contributed by atoms with van der Waals surface area (Å²) in [6, 6.07) is 21.6. The number of rotatable bonds is 5. The van der Waals surface area contributed by atoms with Crippen molar-refractivity contribution >= 4 is 5.78 Å². The van der Waals surface area contributed by atoms with Gasteiger partial charge in [-0.25, -0.2) is 0 Å². The molecule has 0 saturated heterocycles. The van der Waals surface area contributed by atoms with Crippen molar-refractivity contribution in [3.63, 3.8) is 0 Å². The van der Waals surface area contributed by atoms with E-state index in [0.717, 1.165) is 16.7 Å². The number of phenolic OH excluding ortho intramolecular Hbond substituents is 2. The van der Waals surface area contributed by atoms with Crippen molar-refractivity contribution in [2.24, 2.45) is 0 Å². The van der Waals surface area contributed by atoms with Gasteiger partial charge in [0.2, 0.25) is 0 Å². The van der Waals surface area contributed by atoms with E-state index in [-0.39, 0.29) is 23.2 Å². The molecule has 0 unspecified atom stereocenters. The SMILES string of the molecule is CCC(=O)c1ccccc1C(c1ccc(O)cc1)c1ccc(O)cc1. The van der Waals surface area contributed by atoms with Crippen molar-refractivity contribution < 1.29 is 15.0 Å². The molecular formula is C22H20O3. The van der Waals surface area contributed by atoms with Gasteiger partial charge < -0.3 is 10.2 Å². The first kappa shape index (κ1) is 16.8. The van der Waals surface area contributed by atoms with Crippen LogP contribution in [0.2, 0.25) is 0 Å². The first-order chi connectivity index (χ1) is 12.1. The standard InChI is InChI=1S/C22H20O3/c1-2-21(25)19-5-3-4-6-20(19)22(15-7-11-17(23)12-8-15)16-9-13-18(24)14-10-16/h3-14,22-24H,2H2,1H3. The second kappa shape index (κ2) is 7.22. The number of aromatic hydroxyl groups is 2. The predicted octanol–water partition coefficient (Wildman–Crippen LogP) is 4.87. The zero-order chi connectivity index (χ0) is 17.8. The molecule has 0 heterocycles. The summed E-state index contributed by atoms with van der Waals surface area (Å²) < 4.78 is 0. The Morgan fingerprint density at radius 1 is 0.800 bits per heavy atom. The summed E-state index contributed by atoms with van der Waals surface area (Å²) in [4.78, 5) is 12.4. The van der Waals surface area contributed by atoms with Crippen molar-refractivity contribution in [2.75, 3.05) is 0 Å². The Bertz CT molecular complexity index is 819. The molecule has 0 radical (unpaired) electrons. The molecule has 0 aliphatic heterocycles. The molecule has 0 aliphatic rings. The van der Waals surface area contributed by atoms with Gasteiger partial charge >= 0.3 is 0 Å². The van der Waals surface area contributed by atoms with E-state index in [4.69, 9.17) is 0 Å². The zero-order valence-electron chi connectivity index (χ0n) is 14.0. The van der Waals surface area contributed by atoms with Crippen molar-refractivity contribution in [3.8, 4) is 11.5 Å². The highest BCUT2D eigenvalue weighted by atomic mass is 16.3. The van der Waals surface area contributed by atoms with Crippen LogP contribution in [-0.4, -0.2) is 16.0 Å². The topological polar surface area (TPSA) is 57.5 Å². The molecule has 0 aliphatic carbocycles. The fourth-order valence-electron chi connectivity index (χ4n) is 3.08. The van der Waals surface area contributed by atoms with Crippen LogP contribution >= 0.6 is 0 Å². The largest absolute Gasteiger partial charge is 0.508 e. The van der Waals surface area contributed by atoms with Crippen LogP contribution in [0.5, 0.6) is 11.5 Å². The van der Waals surface area contributed by atoms with E-state index in [1.165, 1.54) is 0 Å². The van der Waals surface area contributed by atoms with E-state index in [0.29, 0.717) is 12.0 Å². The first-order valence-electron chi connectivity index (χ1n) is 8.30. The molecule has 2 N–H and O–H groups in total. The number of ketones is 1. The Morgan fingerprint density at radius 3 is 1.76 bits per heavy atom. The van der Waals surface area contributed by atoms with Gasteiger partial charge in [0.25, 0.3) is 0 Å². The van der Waals surface area contributed by atoms with E-state index >= 15 is 0 Å². The van der Waals surface area contributed by atoms with Crippen LogP contribution < -0.4 is 0 Å². The molecule has 0 amide bonds. The Labute approximate surface area is 147 Å². The molecule has 0 aromatic heterocycles. The van der Waals surface area contributed by atoms with E-state index in [9.17, 15) is 15.0 Å². The number of hydrogen-bond donors (Lipinski definition) is 2. The fourth-order valence-corrected chi connectivity index (χ4v) is 3.08. The Balaban J connectivity index is 2.20. The van der Waals surface area contributed by atoms with Crippen molar-refractivity contribution in [1.29, 1.82) is 0 Å². The number of carbonyl (C=O) groups is 1. The molecule has 3 aromatic rings. The molecule has 25 heavy (non-hydrogen) atoms. The Morgan fingerprint density at radius 2 is 1.28 bits per heavy atom. The smallest absolute Gasteiger partial charge is 0.162 e. The number of carbonyl (C=O) groups excluding carboxylic acids is 1. The summed E-state index contributed by atoms with van der Waals surface area (Å²) in [5.74, 6) is 0.336. The Kier molecular flexibility index (Phi) is 4.85. The minimum Gasteiger partial charge on any atom is -0.508 e. The van der Waals surface area contributed by atoms with Crippen LogP contribution in [0.25, 0.3) is 0 Å². The second-order valence-corrected chi connectivity index (χ2v) is 5.98. The number of benzene rings is 3. The highest BCUT2D eigenvalue weighted by molar-refractivity contribution is 5.97. The van der Waals surface area contributed by atoms with Crippen LogP contribution in [0.3, 0.4) is 0 Å². The highest BCUT2D eigenvalue weighted by Crippen LogP contribution is 2.35. The van der Waals surface area contributed by atoms with Gasteiger partial charge in [-0.15, -0.1) is 0 Å². The predicted molar refractivity (Wildman–Crippen MR) is 98.2 cm³/mol. The van der Waals surface area contributed by atoms with Crippen molar-refractivity contribution in [2.45, 2.75) is 19.3 Å². The van der Waals surface area contributed by atoms with Crippen LogP contribution in [0, 0.1) is 0 Å². The van der Waals surface area contributed by atoms with Gasteiger partial charge in [0.1, 0.15) is 11.5 Å². The fraction of sp³-hybridized carbons (Fsp3) is 0.136. The van der Waals surface area contributed by atoms with Gasteiger partial charge in [-0.3, -0.25) is 4.79 Å². The van der Waals surface area contributed by atoms with Gasteiger partial charge in [-0.05, 0) is 41.0 Å².